The largest absolute Gasteiger partial charge is 0.453 e. The number of para-hydroxylation sites is 1. The maximum atomic E-state index is 13.4. The highest BCUT2D eigenvalue weighted by Gasteiger charge is 2.26. The Morgan fingerprint density at radius 1 is 1.25 bits per heavy atom. The van der Waals surface area contributed by atoms with E-state index in [9.17, 15) is 9.59 Å². The lowest BCUT2D eigenvalue weighted by Crippen LogP contribution is -2.36. The van der Waals surface area contributed by atoms with E-state index in [1.165, 1.54) is 7.11 Å². The Balaban J connectivity index is 1.75. The number of nitrogens with two attached hydrogens (primary N) is 1. The van der Waals surface area contributed by atoms with E-state index in [1.54, 1.807) is 21.9 Å². The summed E-state index contributed by atoms with van der Waals surface area (Å²) < 4.78 is 6.50. The summed E-state index contributed by atoms with van der Waals surface area (Å²) >= 11 is 0. The van der Waals surface area contributed by atoms with Crippen LogP contribution in [-0.2, 0) is 24.1 Å². The van der Waals surface area contributed by atoms with Gasteiger partial charge in [-0.1, -0.05) is 18.2 Å². The number of carbonyl (C=O) groups is 2. The standard InChI is InChI=1S/C21H22N4O3/c1-28-21(27)24-9-7-16-15(12-24)10-23-11-18(16)20(26)25-13-14(6-8-22)17-4-2-3-5-19(17)25/h2-5,10-11,13H,6-9,12,22H2,1H3. The molecule has 7 heteroatoms. The summed E-state index contributed by atoms with van der Waals surface area (Å²) in [7, 11) is 1.37. The maximum absolute atomic E-state index is 13.4. The van der Waals surface area contributed by atoms with E-state index >= 15 is 0 Å². The highest BCUT2D eigenvalue weighted by Crippen LogP contribution is 2.26. The zero-order valence-electron chi connectivity index (χ0n) is 15.7. The van der Waals surface area contributed by atoms with Gasteiger partial charge in [0.25, 0.3) is 5.91 Å². The monoisotopic (exact) mass is 378 g/mol. The van der Waals surface area contributed by atoms with Gasteiger partial charge in [-0.15, -0.1) is 0 Å². The van der Waals surface area contributed by atoms with Crippen molar-refractivity contribution in [3.63, 3.8) is 0 Å². The number of benzene rings is 1. The molecule has 7 nitrogen and oxygen atoms in total. The average Bonchev–Trinajstić information content (AvgIpc) is 3.11. The van der Waals surface area contributed by atoms with Gasteiger partial charge in [-0.25, -0.2) is 4.79 Å². The molecule has 0 unspecified atom stereocenters. The number of ether oxygens (including phenoxy) is 1. The third-order valence-corrected chi connectivity index (χ3v) is 5.23. The van der Waals surface area contributed by atoms with Crippen LogP contribution in [0.5, 0.6) is 0 Å². The first kappa shape index (κ1) is 18.2. The second-order valence-corrected chi connectivity index (χ2v) is 6.85. The molecule has 2 N–H and O–H groups in total. The van der Waals surface area contributed by atoms with Crippen molar-refractivity contribution in [3.8, 4) is 0 Å². The first-order valence-electron chi connectivity index (χ1n) is 9.26. The van der Waals surface area contributed by atoms with Gasteiger partial charge >= 0.3 is 6.09 Å². The van der Waals surface area contributed by atoms with Crippen LogP contribution in [0, 0.1) is 0 Å². The molecule has 0 bridgehead atoms. The second kappa shape index (κ2) is 7.44. The second-order valence-electron chi connectivity index (χ2n) is 6.85. The van der Waals surface area contributed by atoms with Crippen LogP contribution < -0.4 is 5.73 Å². The predicted octanol–water partition coefficient (Wildman–Crippen LogP) is 2.35. The van der Waals surface area contributed by atoms with E-state index in [-0.39, 0.29) is 12.0 Å². The summed E-state index contributed by atoms with van der Waals surface area (Å²) in [6.45, 7) is 1.42. The Bertz CT molecular complexity index is 1060. The molecule has 1 aliphatic heterocycles. The molecular weight excluding hydrogens is 356 g/mol. The lowest BCUT2D eigenvalue weighted by Gasteiger charge is -2.28. The van der Waals surface area contributed by atoms with Crippen LogP contribution in [0.25, 0.3) is 10.9 Å². The number of nitrogens with zero attached hydrogens (tertiary/aromatic N) is 3. The SMILES string of the molecule is COC(=O)N1CCc2c(cncc2C(=O)n2cc(CCN)c3ccccc32)C1. The number of rotatable bonds is 3. The van der Waals surface area contributed by atoms with E-state index in [4.69, 9.17) is 10.5 Å². The van der Waals surface area contributed by atoms with Gasteiger partial charge in [-0.05, 0) is 42.1 Å². The summed E-state index contributed by atoms with van der Waals surface area (Å²) in [5.41, 5.74) is 10.0. The van der Waals surface area contributed by atoms with Gasteiger partial charge in [0.15, 0.2) is 0 Å². The van der Waals surface area contributed by atoms with Crippen LogP contribution in [0.15, 0.2) is 42.9 Å². The Hall–Kier alpha value is -3.19. The van der Waals surface area contributed by atoms with Crippen molar-refractivity contribution in [3.05, 3.63) is 65.1 Å². The molecule has 0 saturated carbocycles. The average molecular weight is 378 g/mol. The van der Waals surface area contributed by atoms with Gasteiger partial charge in [0.1, 0.15) is 0 Å². The predicted molar refractivity (Wildman–Crippen MR) is 105 cm³/mol. The molecule has 2 aromatic heterocycles. The molecule has 0 saturated heterocycles. The highest BCUT2D eigenvalue weighted by atomic mass is 16.5. The zero-order chi connectivity index (χ0) is 19.7. The minimum Gasteiger partial charge on any atom is -0.453 e. The number of hydrogen-bond acceptors (Lipinski definition) is 5. The van der Waals surface area contributed by atoms with Crippen molar-refractivity contribution >= 4 is 22.9 Å². The third-order valence-electron chi connectivity index (χ3n) is 5.23. The summed E-state index contributed by atoms with van der Waals surface area (Å²) in [5.74, 6) is -0.115. The minimum absolute atomic E-state index is 0.115. The van der Waals surface area contributed by atoms with Crippen LogP contribution in [0.3, 0.4) is 0 Å². The molecular formula is C21H22N4O3. The van der Waals surface area contributed by atoms with Gasteiger partial charge < -0.3 is 15.4 Å². The minimum atomic E-state index is -0.370. The van der Waals surface area contributed by atoms with Gasteiger partial charge in [-0.3, -0.25) is 14.3 Å². The Morgan fingerprint density at radius 2 is 2.07 bits per heavy atom. The van der Waals surface area contributed by atoms with Crippen molar-refractivity contribution in [1.82, 2.24) is 14.5 Å². The Kier molecular flexibility index (Phi) is 4.83. The van der Waals surface area contributed by atoms with E-state index < -0.39 is 0 Å². The summed E-state index contributed by atoms with van der Waals surface area (Å²) in [5, 5.41) is 1.04. The number of carbonyl (C=O) groups excluding carboxylic acids is 2. The maximum Gasteiger partial charge on any atom is 0.409 e. The number of methoxy groups -OCH3 is 1. The summed E-state index contributed by atoms with van der Waals surface area (Å²) in [6, 6.07) is 7.84. The van der Waals surface area contributed by atoms with Crippen LogP contribution >= 0.6 is 0 Å². The van der Waals surface area contributed by atoms with E-state index in [0.29, 0.717) is 38.0 Å². The van der Waals surface area contributed by atoms with Gasteiger partial charge in [0, 0.05) is 30.5 Å². The molecule has 3 aromatic rings. The summed E-state index contributed by atoms with van der Waals surface area (Å²) in [4.78, 5) is 31.1. The lowest BCUT2D eigenvalue weighted by molar-refractivity contribution is 0.0962. The van der Waals surface area contributed by atoms with E-state index in [1.807, 2.05) is 30.5 Å². The van der Waals surface area contributed by atoms with E-state index in [0.717, 1.165) is 27.6 Å². The number of aromatic nitrogens is 2. The Morgan fingerprint density at radius 3 is 2.86 bits per heavy atom. The molecule has 1 aromatic carbocycles. The smallest absolute Gasteiger partial charge is 0.409 e. The molecule has 1 amide bonds. The highest BCUT2D eigenvalue weighted by molar-refractivity contribution is 6.04. The first-order chi connectivity index (χ1) is 13.6. The molecule has 1 aliphatic rings. The van der Waals surface area contributed by atoms with Crippen LogP contribution in [0.2, 0.25) is 0 Å². The molecule has 4 rings (SSSR count). The van der Waals surface area contributed by atoms with Crippen molar-refractivity contribution < 1.29 is 14.3 Å². The molecule has 28 heavy (non-hydrogen) atoms. The van der Waals surface area contributed by atoms with Gasteiger partial charge in [-0.2, -0.15) is 0 Å². The molecule has 0 spiro atoms. The zero-order valence-corrected chi connectivity index (χ0v) is 15.7. The molecule has 0 atom stereocenters. The quantitative estimate of drug-likeness (QED) is 0.755. The number of fused-ring (bicyclic) bond motifs is 2. The van der Waals surface area contributed by atoms with Crippen molar-refractivity contribution in [2.24, 2.45) is 5.73 Å². The molecule has 0 radical (unpaired) electrons. The van der Waals surface area contributed by atoms with Gasteiger partial charge in [0.2, 0.25) is 0 Å². The lowest BCUT2D eigenvalue weighted by atomic mass is 9.97. The van der Waals surface area contributed by atoms with Crippen molar-refractivity contribution in [2.45, 2.75) is 19.4 Å². The number of pyridine rings is 1. The van der Waals surface area contributed by atoms with Crippen LogP contribution in [0.4, 0.5) is 4.79 Å². The molecule has 0 fully saturated rings. The fraction of sp³-hybridized carbons (Fsp3) is 0.286. The first-order valence-corrected chi connectivity index (χ1v) is 9.26. The summed E-state index contributed by atoms with van der Waals surface area (Å²) in [6.07, 6.45) is 6.14. The molecule has 144 valence electrons. The molecule has 3 heterocycles. The Labute approximate surface area is 162 Å². The molecule has 0 aliphatic carbocycles. The topological polar surface area (TPSA) is 90.5 Å². The number of amides is 1. The fourth-order valence-electron chi connectivity index (χ4n) is 3.87. The van der Waals surface area contributed by atoms with Crippen molar-refractivity contribution in [2.75, 3.05) is 20.2 Å². The number of hydrogen-bond donors (Lipinski definition) is 1. The van der Waals surface area contributed by atoms with Crippen LogP contribution in [-0.4, -0.2) is 46.7 Å². The fourth-order valence-corrected chi connectivity index (χ4v) is 3.87. The normalized spacial score (nSPS) is 13.4. The van der Waals surface area contributed by atoms with Crippen LogP contribution in [0.1, 0.15) is 27.0 Å². The van der Waals surface area contributed by atoms with E-state index in [2.05, 4.69) is 4.98 Å². The van der Waals surface area contributed by atoms with Gasteiger partial charge in [0.05, 0.1) is 24.7 Å². The third kappa shape index (κ3) is 3.03. The van der Waals surface area contributed by atoms with Crippen molar-refractivity contribution in [1.29, 1.82) is 0 Å².